The van der Waals surface area contributed by atoms with Gasteiger partial charge in [-0.15, -0.1) is 0 Å². The minimum absolute atomic E-state index is 0.0900. The third kappa shape index (κ3) is 3.62. The summed E-state index contributed by atoms with van der Waals surface area (Å²) in [6.07, 6.45) is -2.29. The zero-order chi connectivity index (χ0) is 18.9. The van der Waals surface area contributed by atoms with Crippen molar-refractivity contribution in [1.82, 2.24) is 4.98 Å². The SMILES string of the molecule is C[C@@]1(C(=O)Nc2ccc(C(F)(F)F)cn2)CCCN1c1ccc(Cl)cc1. The van der Waals surface area contributed by atoms with E-state index in [1.807, 2.05) is 24.0 Å². The van der Waals surface area contributed by atoms with Crippen molar-refractivity contribution in [3.8, 4) is 0 Å². The van der Waals surface area contributed by atoms with Crippen LogP contribution in [0.2, 0.25) is 5.02 Å². The number of carbonyl (C=O) groups excluding carboxylic acids is 1. The Balaban J connectivity index is 1.78. The summed E-state index contributed by atoms with van der Waals surface area (Å²) < 4.78 is 37.8. The fourth-order valence-electron chi connectivity index (χ4n) is 3.12. The minimum Gasteiger partial charge on any atom is -0.357 e. The number of nitrogens with zero attached hydrogens (tertiary/aromatic N) is 2. The number of hydrogen-bond acceptors (Lipinski definition) is 3. The lowest BCUT2D eigenvalue weighted by Gasteiger charge is -2.35. The average Bonchev–Trinajstić information content (AvgIpc) is 2.98. The molecule has 1 aromatic carbocycles. The van der Waals surface area contributed by atoms with E-state index in [4.69, 9.17) is 11.6 Å². The zero-order valence-electron chi connectivity index (χ0n) is 14.0. The Bertz CT molecular complexity index is 793. The molecule has 1 saturated heterocycles. The lowest BCUT2D eigenvalue weighted by molar-refractivity contribution is -0.137. The van der Waals surface area contributed by atoms with Crippen molar-refractivity contribution in [2.75, 3.05) is 16.8 Å². The summed E-state index contributed by atoms with van der Waals surface area (Å²) in [5.41, 5.74) is -0.812. The van der Waals surface area contributed by atoms with E-state index in [-0.39, 0.29) is 11.7 Å². The smallest absolute Gasteiger partial charge is 0.357 e. The van der Waals surface area contributed by atoms with Gasteiger partial charge in [0.15, 0.2) is 0 Å². The molecule has 1 N–H and O–H groups in total. The first-order valence-electron chi connectivity index (χ1n) is 8.08. The Labute approximate surface area is 154 Å². The Morgan fingerprint density at radius 2 is 1.92 bits per heavy atom. The molecule has 0 aliphatic carbocycles. The van der Waals surface area contributed by atoms with Crippen LogP contribution in [0.1, 0.15) is 25.3 Å². The Morgan fingerprint density at radius 3 is 2.50 bits per heavy atom. The highest BCUT2D eigenvalue weighted by Gasteiger charge is 2.43. The second-order valence-corrected chi connectivity index (χ2v) is 6.83. The van der Waals surface area contributed by atoms with Gasteiger partial charge in [-0.3, -0.25) is 4.79 Å². The second-order valence-electron chi connectivity index (χ2n) is 6.39. The highest BCUT2D eigenvalue weighted by Crippen LogP contribution is 2.35. The molecule has 0 bridgehead atoms. The van der Waals surface area contributed by atoms with Crippen molar-refractivity contribution in [2.24, 2.45) is 0 Å². The number of pyridine rings is 1. The summed E-state index contributed by atoms with van der Waals surface area (Å²) in [7, 11) is 0. The summed E-state index contributed by atoms with van der Waals surface area (Å²) in [6, 6.07) is 9.25. The van der Waals surface area contributed by atoms with Crippen LogP contribution in [-0.4, -0.2) is 23.0 Å². The Hall–Kier alpha value is -2.28. The predicted molar refractivity (Wildman–Crippen MR) is 94.3 cm³/mol. The van der Waals surface area contributed by atoms with Gasteiger partial charge in [-0.05, 0) is 56.2 Å². The van der Waals surface area contributed by atoms with Crippen molar-refractivity contribution in [3.63, 3.8) is 0 Å². The van der Waals surface area contributed by atoms with E-state index in [9.17, 15) is 18.0 Å². The standard InChI is InChI=1S/C18H17ClF3N3O/c1-17(9-2-10-25(17)14-6-4-13(19)5-7-14)16(26)24-15-8-3-12(11-23-15)18(20,21)22/h3-8,11H,2,9-10H2,1H3,(H,23,24,26)/t17-/m0/s1. The Kier molecular flexibility index (Phi) is 4.84. The second kappa shape index (κ2) is 6.79. The molecule has 1 aliphatic rings. The van der Waals surface area contributed by atoms with Crippen molar-refractivity contribution in [3.05, 3.63) is 53.2 Å². The topological polar surface area (TPSA) is 45.2 Å². The van der Waals surface area contributed by atoms with Gasteiger partial charge in [0.2, 0.25) is 0 Å². The normalized spacial score (nSPS) is 20.3. The van der Waals surface area contributed by atoms with Crippen LogP contribution in [0.25, 0.3) is 0 Å². The van der Waals surface area contributed by atoms with E-state index >= 15 is 0 Å². The van der Waals surface area contributed by atoms with Gasteiger partial charge in [0.05, 0.1) is 5.56 Å². The number of hydrogen-bond donors (Lipinski definition) is 1. The van der Waals surface area contributed by atoms with Crippen molar-refractivity contribution in [1.29, 1.82) is 0 Å². The predicted octanol–water partition coefficient (Wildman–Crippen LogP) is 4.75. The molecule has 4 nitrogen and oxygen atoms in total. The van der Waals surface area contributed by atoms with Crippen LogP contribution in [-0.2, 0) is 11.0 Å². The highest BCUT2D eigenvalue weighted by atomic mass is 35.5. The van der Waals surface area contributed by atoms with Gasteiger partial charge in [0, 0.05) is 23.5 Å². The minimum atomic E-state index is -4.46. The van der Waals surface area contributed by atoms with Gasteiger partial charge < -0.3 is 10.2 Å². The first kappa shape index (κ1) is 18.5. The van der Waals surface area contributed by atoms with Crippen LogP contribution in [0.5, 0.6) is 0 Å². The summed E-state index contributed by atoms with van der Waals surface area (Å²) in [5.74, 6) is -0.218. The van der Waals surface area contributed by atoms with Crippen LogP contribution < -0.4 is 10.2 Å². The summed E-state index contributed by atoms with van der Waals surface area (Å²) in [5, 5.41) is 3.23. The van der Waals surface area contributed by atoms with E-state index in [1.165, 1.54) is 0 Å². The van der Waals surface area contributed by atoms with Crippen LogP contribution in [0.3, 0.4) is 0 Å². The molecule has 0 saturated carbocycles. The molecule has 1 aromatic heterocycles. The number of alkyl halides is 3. The highest BCUT2D eigenvalue weighted by molar-refractivity contribution is 6.30. The molecule has 138 valence electrons. The van der Waals surface area contributed by atoms with Crippen molar-refractivity contribution >= 4 is 29.0 Å². The van der Waals surface area contributed by atoms with Gasteiger partial charge in [0.25, 0.3) is 5.91 Å². The fourth-order valence-corrected chi connectivity index (χ4v) is 3.25. The molecule has 1 fully saturated rings. The molecule has 2 heterocycles. The van der Waals surface area contributed by atoms with Crippen LogP contribution >= 0.6 is 11.6 Å². The molecule has 0 spiro atoms. The molecule has 1 atom stereocenters. The third-order valence-corrected chi connectivity index (χ3v) is 4.85. The van der Waals surface area contributed by atoms with E-state index in [0.717, 1.165) is 24.2 Å². The fraction of sp³-hybridized carbons (Fsp3) is 0.333. The van der Waals surface area contributed by atoms with Gasteiger partial charge in [-0.1, -0.05) is 11.6 Å². The van der Waals surface area contributed by atoms with Gasteiger partial charge in [0.1, 0.15) is 11.4 Å². The average molecular weight is 384 g/mol. The molecule has 1 amide bonds. The van der Waals surface area contributed by atoms with Crippen molar-refractivity contribution in [2.45, 2.75) is 31.5 Å². The molecular formula is C18H17ClF3N3O. The number of halogens is 4. The molecule has 8 heteroatoms. The molecule has 1 aliphatic heterocycles. The summed E-state index contributed by atoms with van der Waals surface area (Å²) in [6.45, 7) is 2.51. The molecule has 0 unspecified atom stereocenters. The largest absolute Gasteiger partial charge is 0.417 e. The molecule has 0 radical (unpaired) electrons. The molecule has 26 heavy (non-hydrogen) atoms. The lowest BCUT2D eigenvalue weighted by Crippen LogP contribution is -2.51. The first-order valence-corrected chi connectivity index (χ1v) is 8.46. The number of amides is 1. The maximum atomic E-state index is 12.8. The van der Waals surface area contributed by atoms with Crippen LogP contribution in [0, 0.1) is 0 Å². The van der Waals surface area contributed by atoms with Crippen LogP contribution in [0.15, 0.2) is 42.6 Å². The first-order chi connectivity index (χ1) is 12.2. The van der Waals surface area contributed by atoms with E-state index in [0.29, 0.717) is 24.2 Å². The monoisotopic (exact) mass is 383 g/mol. The van der Waals surface area contributed by atoms with Crippen molar-refractivity contribution < 1.29 is 18.0 Å². The third-order valence-electron chi connectivity index (χ3n) is 4.60. The van der Waals surface area contributed by atoms with Gasteiger partial charge in [-0.2, -0.15) is 13.2 Å². The van der Waals surface area contributed by atoms with E-state index < -0.39 is 17.3 Å². The maximum absolute atomic E-state index is 12.8. The molecule has 2 aromatic rings. The quantitative estimate of drug-likeness (QED) is 0.831. The number of rotatable bonds is 3. The van der Waals surface area contributed by atoms with Gasteiger partial charge in [-0.25, -0.2) is 4.98 Å². The maximum Gasteiger partial charge on any atom is 0.417 e. The van der Waals surface area contributed by atoms with E-state index in [2.05, 4.69) is 10.3 Å². The number of carbonyl (C=O) groups is 1. The van der Waals surface area contributed by atoms with Gasteiger partial charge >= 0.3 is 6.18 Å². The number of anilines is 2. The Morgan fingerprint density at radius 1 is 1.23 bits per heavy atom. The molecular weight excluding hydrogens is 367 g/mol. The number of nitrogens with one attached hydrogen (secondary N) is 1. The number of benzene rings is 1. The summed E-state index contributed by atoms with van der Waals surface area (Å²) in [4.78, 5) is 18.5. The lowest BCUT2D eigenvalue weighted by atomic mass is 9.97. The number of aromatic nitrogens is 1. The summed E-state index contributed by atoms with van der Waals surface area (Å²) >= 11 is 5.92. The van der Waals surface area contributed by atoms with E-state index in [1.54, 1.807) is 12.1 Å². The van der Waals surface area contributed by atoms with Crippen LogP contribution in [0.4, 0.5) is 24.7 Å². The zero-order valence-corrected chi connectivity index (χ0v) is 14.7. The molecule has 3 rings (SSSR count).